The molecule has 0 radical (unpaired) electrons. The van der Waals surface area contributed by atoms with Gasteiger partial charge in [0, 0.05) is 5.92 Å². The van der Waals surface area contributed by atoms with Crippen LogP contribution in [0.5, 0.6) is 0 Å². The molecule has 0 heterocycles. The Morgan fingerprint density at radius 1 is 1.24 bits per heavy atom. The second kappa shape index (κ2) is 4.28. The summed E-state index contributed by atoms with van der Waals surface area (Å²) in [7, 11) is 0. The van der Waals surface area contributed by atoms with Crippen LogP contribution in [0, 0.1) is 23.2 Å². The summed E-state index contributed by atoms with van der Waals surface area (Å²) in [6, 6.07) is 0. The molecule has 0 aromatic carbocycles. The van der Waals surface area contributed by atoms with Crippen LogP contribution in [0.4, 0.5) is 4.39 Å². The molecule has 21 heavy (non-hydrogen) atoms. The molecule has 1 N–H and O–H groups in total. The van der Waals surface area contributed by atoms with Crippen molar-refractivity contribution in [3.05, 3.63) is 23.8 Å². The van der Waals surface area contributed by atoms with Gasteiger partial charge in [-0.1, -0.05) is 6.92 Å². The molecule has 0 aromatic rings. The Labute approximate surface area is 125 Å². The number of carbonyl (C=O) groups excluding carboxylic acids is 1. The fourth-order valence-corrected chi connectivity index (χ4v) is 5.77. The SMILES string of the molecule is C[C@]12CC[C@H]3[C@@H](CCC4=CC(=O)C=C[C@@]43F)[C@@H]1CC[C@@H]2O. The number of aliphatic hydroxyl groups excluding tert-OH is 1. The molecule has 0 bridgehead atoms. The summed E-state index contributed by atoms with van der Waals surface area (Å²) in [6.07, 6.45) is 9.50. The quantitative estimate of drug-likeness (QED) is 0.743. The van der Waals surface area contributed by atoms with Crippen LogP contribution in [0.25, 0.3) is 0 Å². The van der Waals surface area contributed by atoms with Crippen LogP contribution >= 0.6 is 0 Å². The van der Waals surface area contributed by atoms with Crippen molar-refractivity contribution in [2.24, 2.45) is 23.2 Å². The van der Waals surface area contributed by atoms with Crippen LogP contribution in [0.1, 0.15) is 45.4 Å². The van der Waals surface area contributed by atoms with Crippen molar-refractivity contribution in [3.63, 3.8) is 0 Å². The van der Waals surface area contributed by atoms with Crippen LogP contribution in [-0.4, -0.2) is 22.7 Å². The lowest BCUT2D eigenvalue weighted by Crippen LogP contribution is -2.52. The molecule has 0 saturated heterocycles. The summed E-state index contributed by atoms with van der Waals surface area (Å²) in [5.74, 6) is 0.700. The van der Waals surface area contributed by atoms with E-state index < -0.39 is 5.67 Å². The van der Waals surface area contributed by atoms with Gasteiger partial charge < -0.3 is 5.11 Å². The average molecular weight is 290 g/mol. The molecule has 3 saturated carbocycles. The predicted molar refractivity (Wildman–Crippen MR) is 78.4 cm³/mol. The van der Waals surface area contributed by atoms with Crippen molar-refractivity contribution in [3.8, 4) is 0 Å². The Hall–Kier alpha value is -0.960. The van der Waals surface area contributed by atoms with E-state index in [9.17, 15) is 9.90 Å². The highest BCUT2D eigenvalue weighted by atomic mass is 19.1. The van der Waals surface area contributed by atoms with Crippen molar-refractivity contribution < 1.29 is 14.3 Å². The maximum atomic E-state index is 15.6. The van der Waals surface area contributed by atoms with Gasteiger partial charge in [0.1, 0.15) is 0 Å². The molecule has 3 heteroatoms. The summed E-state index contributed by atoms with van der Waals surface area (Å²) >= 11 is 0. The molecule has 4 aliphatic rings. The van der Waals surface area contributed by atoms with Crippen LogP contribution in [0.3, 0.4) is 0 Å². The van der Waals surface area contributed by atoms with E-state index in [0.717, 1.165) is 32.1 Å². The van der Waals surface area contributed by atoms with Gasteiger partial charge in [0.2, 0.25) is 0 Å². The Morgan fingerprint density at radius 3 is 2.86 bits per heavy atom. The first-order valence-electron chi connectivity index (χ1n) is 8.26. The molecule has 6 atom stereocenters. The molecule has 114 valence electrons. The molecule has 0 spiro atoms. The lowest BCUT2D eigenvalue weighted by molar-refractivity contribution is -0.111. The highest BCUT2D eigenvalue weighted by Gasteiger charge is 2.59. The Morgan fingerprint density at radius 2 is 2.05 bits per heavy atom. The number of alkyl halides is 1. The topological polar surface area (TPSA) is 37.3 Å². The van der Waals surface area contributed by atoms with Gasteiger partial charge in [-0.15, -0.1) is 0 Å². The average Bonchev–Trinajstić information content (AvgIpc) is 2.76. The Bertz CT molecular complexity index is 551. The smallest absolute Gasteiger partial charge is 0.178 e. The Kier molecular flexibility index (Phi) is 2.79. The fourth-order valence-electron chi connectivity index (χ4n) is 5.77. The van der Waals surface area contributed by atoms with Gasteiger partial charge in [-0.2, -0.15) is 0 Å². The van der Waals surface area contributed by atoms with E-state index in [1.165, 1.54) is 18.2 Å². The molecule has 3 fully saturated rings. The molecule has 0 aliphatic heterocycles. The molecule has 0 aromatic heterocycles. The number of hydrogen-bond donors (Lipinski definition) is 1. The molecule has 4 aliphatic carbocycles. The monoisotopic (exact) mass is 290 g/mol. The predicted octanol–water partition coefficient (Wildman–Crippen LogP) is 3.36. The van der Waals surface area contributed by atoms with Crippen molar-refractivity contribution in [2.45, 2.75) is 57.2 Å². The first kappa shape index (κ1) is 13.7. The number of allylic oxidation sites excluding steroid dienone is 4. The standard InChI is InChI=1S/C18H23FO2/c1-17-8-7-15-13(14(17)4-5-16(17)21)3-2-11-10-12(20)6-9-18(11,15)19/h6,9-10,13-16,21H,2-5,7-8H2,1H3/t13-,14-,15-,16-,17-,18+/m0/s1. The first-order chi connectivity index (χ1) is 9.95. The largest absolute Gasteiger partial charge is 0.393 e. The third-order valence-corrected chi connectivity index (χ3v) is 6.97. The van der Waals surface area contributed by atoms with E-state index in [0.29, 0.717) is 23.8 Å². The van der Waals surface area contributed by atoms with Gasteiger partial charge in [0.25, 0.3) is 0 Å². The number of hydrogen-bond acceptors (Lipinski definition) is 2. The summed E-state index contributed by atoms with van der Waals surface area (Å²) in [4.78, 5) is 11.5. The van der Waals surface area contributed by atoms with Gasteiger partial charge in [-0.25, -0.2) is 4.39 Å². The summed E-state index contributed by atoms with van der Waals surface area (Å²) in [5.41, 5.74) is -0.739. The Balaban J connectivity index is 1.70. The van der Waals surface area contributed by atoms with E-state index in [4.69, 9.17) is 0 Å². The van der Waals surface area contributed by atoms with Crippen molar-refractivity contribution in [1.29, 1.82) is 0 Å². The lowest BCUT2D eigenvalue weighted by atomic mass is 9.52. The maximum absolute atomic E-state index is 15.6. The van der Waals surface area contributed by atoms with E-state index >= 15 is 4.39 Å². The van der Waals surface area contributed by atoms with Crippen LogP contribution < -0.4 is 0 Å². The summed E-state index contributed by atoms with van der Waals surface area (Å²) in [6.45, 7) is 2.20. The van der Waals surface area contributed by atoms with Gasteiger partial charge in [-0.3, -0.25) is 4.79 Å². The molecule has 0 amide bonds. The minimum Gasteiger partial charge on any atom is -0.393 e. The number of ketones is 1. The molecular formula is C18H23FO2. The minimum absolute atomic E-state index is 0.00905. The number of rotatable bonds is 0. The van der Waals surface area contributed by atoms with Gasteiger partial charge in [0.15, 0.2) is 11.5 Å². The molecule has 2 nitrogen and oxygen atoms in total. The third kappa shape index (κ3) is 1.70. The normalized spacial score (nSPS) is 52.0. The third-order valence-electron chi connectivity index (χ3n) is 6.97. The molecule has 0 unspecified atom stereocenters. The van der Waals surface area contributed by atoms with E-state index in [1.54, 1.807) is 0 Å². The van der Waals surface area contributed by atoms with Gasteiger partial charge in [-0.05, 0) is 79.6 Å². The zero-order chi connectivity index (χ0) is 14.8. The number of aliphatic hydroxyl groups is 1. The maximum Gasteiger partial charge on any atom is 0.178 e. The highest BCUT2D eigenvalue weighted by Crippen LogP contribution is 2.62. The summed E-state index contributed by atoms with van der Waals surface area (Å²) < 4.78 is 15.6. The molecule has 4 rings (SSSR count). The van der Waals surface area contributed by atoms with Crippen molar-refractivity contribution in [2.75, 3.05) is 0 Å². The highest BCUT2D eigenvalue weighted by molar-refractivity contribution is 6.01. The van der Waals surface area contributed by atoms with Crippen molar-refractivity contribution in [1.82, 2.24) is 0 Å². The second-order valence-electron chi connectivity index (χ2n) is 7.73. The van der Waals surface area contributed by atoms with E-state index in [2.05, 4.69) is 6.92 Å². The zero-order valence-electron chi connectivity index (χ0n) is 12.5. The van der Waals surface area contributed by atoms with Crippen LogP contribution in [0.2, 0.25) is 0 Å². The van der Waals surface area contributed by atoms with Gasteiger partial charge >= 0.3 is 0 Å². The zero-order valence-corrected chi connectivity index (χ0v) is 12.5. The van der Waals surface area contributed by atoms with Crippen LogP contribution in [-0.2, 0) is 4.79 Å². The van der Waals surface area contributed by atoms with E-state index in [1.807, 2.05) is 0 Å². The number of fused-ring (bicyclic) bond motifs is 5. The fraction of sp³-hybridized carbons (Fsp3) is 0.722. The summed E-state index contributed by atoms with van der Waals surface area (Å²) in [5, 5.41) is 10.3. The number of halogens is 1. The number of carbonyl (C=O) groups is 1. The van der Waals surface area contributed by atoms with Crippen molar-refractivity contribution >= 4 is 5.78 Å². The minimum atomic E-state index is -1.41. The second-order valence-corrected chi connectivity index (χ2v) is 7.73. The van der Waals surface area contributed by atoms with E-state index in [-0.39, 0.29) is 23.2 Å². The van der Waals surface area contributed by atoms with Crippen LogP contribution in [0.15, 0.2) is 23.8 Å². The first-order valence-corrected chi connectivity index (χ1v) is 8.26. The molecular weight excluding hydrogens is 267 g/mol. The lowest BCUT2D eigenvalue weighted by Gasteiger charge is -2.54. The van der Waals surface area contributed by atoms with Gasteiger partial charge in [0.05, 0.1) is 6.10 Å².